The van der Waals surface area contributed by atoms with Crippen LogP contribution in [0.25, 0.3) is 0 Å². The fourth-order valence-electron chi connectivity index (χ4n) is 3.77. The standard InChI is InChI=1S/C14H14O/c1-15-14-12-10-6-7-11(13(12)14)9-5-3-2-4-8(9)10/h2-7,10-14H,1H3. The number of hydrogen-bond donors (Lipinski definition) is 0. The van der Waals surface area contributed by atoms with E-state index < -0.39 is 0 Å². The van der Waals surface area contributed by atoms with Gasteiger partial charge < -0.3 is 4.74 Å². The minimum atomic E-state index is 0.502. The van der Waals surface area contributed by atoms with Crippen LogP contribution < -0.4 is 0 Å². The molecule has 4 atom stereocenters. The summed E-state index contributed by atoms with van der Waals surface area (Å²) in [5, 5.41) is 0. The van der Waals surface area contributed by atoms with Gasteiger partial charge in [-0.1, -0.05) is 36.4 Å². The van der Waals surface area contributed by atoms with E-state index >= 15 is 0 Å². The number of rotatable bonds is 1. The van der Waals surface area contributed by atoms with Crippen molar-refractivity contribution in [1.82, 2.24) is 0 Å². The Hall–Kier alpha value is -1.08. The van der Waals surface area contributed by atoms with Gasteiger partial charge in [0.05, 0.1) is 6.10 Å². The topological polar surface area (TPSA) is 9.23 Å². The Balaban J connectivity index is 1.88. The van der Waals surface area contributed by atoms with Crippen molar-refractivity contribution >= 4 is 0 Å². The molecule has 15 heavy (non-hydrogen) atoms. The van der Waals surface area contributed by atoms with Gasteiger partial charge in [0, 0.05) is 30.8 Å². The molecule has 1 nitrogen and oxygen atoms in total. The van der Waals surface area contributed by atoms with Gasteiger partial charge in [0.25, 0.3) is 0 Å². The van der Waals surface area contributed by atoms with E-state index in [1.165, 1.54) is 0 Å². The molecule has 0 aromatic heterocycles. The van der Waals surface area contributed by atoms with Crippen molar-refractivity contribution in [2.45, 2.75) is 17.9 Å². The highest BCUT2D eigenvalue weighted by Crippen LogP contribution is 2.65. The second-order valence-electron chi connectivity index (χ2n) is 4.92. The highest BCUT2D eigenvalue weighted by Gasteiger charge is 2.62. The molecule has 4 unspecified atom stereocenters. The number of methoxy groups -OCH3 is 1. The van der Waals surface area contributed by atoms with Crippen LogP contribution in [-0.2, 0) is 4.74 Å². The zero-order valence-corrected chi connectivity index (χ0v) is 8.76. The van der Waals surface area contributed by atoms with E-state index in [0.717, 1.165) is 11.8 Å². The van der Waals surface area contributed by atoms with Gasteiger partial charge in [-0.2, -0.15) is 0 Å². The van der Waals surface area contributed by atoms with Gasteiger partial charge in [0.2, 0.25) is 0 Å². The van der Waals surface area contributed by atoms with Gasteiger partial charge in [-0.05, 0) is 11.1 Å². The van der Waals surface area contributed by atoms with Crippen molar-refractivity contribution in [2.75, 3.05) is 7.11 Å². The molecule has 4 aliphatic carbocycles. The quantitative estimate of drug-likeness (QED) is 0.630. The lowest BCUT2D eigenvalue weighted by molar-refractivity contribution is 0.159. The summed E-state index contributed by atoms with van der Waals surface area (Å²) in [6.07, 6.45) is 5.29. The van der Waals surface area contributed by atoms with E-state index in [-0.39, 0.29) is 0 Å². The molecule has 1 aromatic carbocycles. The molecule has 1 aromatic rings. The van der Waals surface area contributed by atoms with Crippen LogP contribution in [0.1, 0.15) is 23.0 Å². The summed E-state index contributed by atoms with van der Waals surface area (Å²) in [5.41, 5.74) is 3.09. The molecular weight excluding hydrogens is 184 g/mol. The lowest BCUT2D eigenvalue weighted by Crippen LogP contribution is -2.19. The van der Waals surface area contributed by atoms with Crippen LogP contribution in [0, 0.1) is 11.8 Å². The molecule has 1 heteroatoms. The first-order chi connectivity index (χ1) is 7.42. The number of benzene rings is 1. The predicted molar refractivity (Wildman–Crippen MR) is 58.8 cm³/mol. The molecule has 5 rings (SSSR count). The second kappa shape index (κ2) is 2.53. The maximum Gasteiger partial charge on any atom is 0.0653 e. The molecule has 0 amide bonds. The normalized spacial score (nSPS) is 43.7. The molecule has 0 heterocycles. The smallest absolute Gasteiger partial charge is 0.0653 e. The van der Waals surface area contributed by atoms with Crippen molar-refractivity contribution in [3.05, 3.63) is 47.5 Å². The van der Waals surface area contributed by atoms with Crippen LogP contribution >= 0.6 is 0 Å². The molecule has 1 fully saturated rings. The van der Waals surface area contributed by atoms with Gasteiger partial charge in [0.15, 0.2) is 0 Å². The second-order valence-corrected chi connectivity index (χ2v) is 4.92. The summed E-state index contributed by atoms with van der Waals surface area (Å²) in [4.78, 5) is 0. The largest absolute Gasteiger partial charge is 0.381 e. The minimum absolute atomic E-state index is 0.502. The van der Waals surface area contributed by atoms with Crippen LogP contribution in [-0.4, -0.2) is 13.2 Å². The minimum Gasteiger partial charge on any atom is -0.381 e. The molecule has 0 aliphatic heterocycles. The van der Waals surface area contributed by atoms with Gasteiger partial charge in [-0.3, -0.25) is 0 Å². The molecule has 0 spiro atoms. The monoisotopic (exact) mass is 198 g/mol. The number of hydrogen-bond acceptors (Lipinski definition) is 1. The predicted octanol–water partition coefficient (Wildman–Crippen LogP) is 2.70. The summed E-state index contributed by atoms with van der Waals surface area (Å²) in [6, 6.07) is 8.90. The first-order valence-corrected chi connectivity index (χ1v) is 5.72. The lowest BCUT2D eigenvalue weighted by Gasteiger charge is -2.32. The van der Waals surface area contributed by atoms with Crippen molar-refractivity contribution in [3.8, 4) is 0 Å². The summed E-state index contributed by atoms with van der Waals surface area (Å²) in [7, 11) is 1.85. The summed E-state index contributed by atoms with van der Waals surface area (Å²) < 4.78 is 5.58. The lowest BCUT2D eigenvalue weighted by atomic mass is 9.72. The maximum absolute atomic E-state index is 5.58. The van der Waals surface area contributed by atoms with Crippen molar-refractivity contribution in [1.29, 1.82) is 0 Å². The summed E-state index contributed by atoms with van der Waals surface area (Å²) in [5.74, 6) is 2.78. The molecule has 0 N–H and O–H groups in total. The zero-order valence-electron chi connectivity index (χ0n) is 8.76. The maximum atomic E-state index is 5.58. The first kappa shape index (κ1) is 8.12. The molecule has 76 valence electrons. The summed E-state index contributed by atoms with van der Waals surface area (Å²) in [6.45, 7) is 0. The van der Waals surface area contributed by atoms with Crippen LogP contribution in [0.3, 0.4) is 0 Å². The zero-order chi connectivity index (χ0) is 9.99. The third-order valence-electron chi connectivity index (χ3n) is 4.40. The van der Waals surface area contributed by atoms with Crippen LogP contribution in [0.15, 0.2) is 36.4 Å². The SMILES string of the molecule is COC1C2C3C=CC(c4ccccc43)C12. The molecular formula is C14H14O. The van der Waals surface area contributed by atoms with Gasteiger partial charge in [-0.15, -0.1) is 0 Å². The molecule has 4 aliphatic rings. The number of ether oxygens (including phenoxy) is 1. The Labute approximate surface area is 89.8 Å². The highest BCUT2D eigenvalue weighted by atomic mass is 16.5. The van der Waals surface area contributed by atoms with Gasteiger partial charge in [0.1, 0.15) is 0 Å². The van der Waals surface area contributed by atoms with Crippen molar-refractivity contribution in [3.63, 3.8) is 0 Å². The average Bonchev–Trinajstić information content (AvgIpc) is 3.05. The molecule has 2 bridgehead atoms. The third kappa shape index (κ3) is 0.836. The van der Waals surface area contributed by atoms with E-state index in [4.69, 9.17) is 4.74 Å². The molecule has 1 saturated carbocycles. The average molecular weight is 198 g/mol. The number of allylic oxidation sites excluding steroid dienone is 2. The van der Waals surface area contributed by atoms with Crippen LogP contribution in [0.2, 0.25) is 0 Å². The Morgan fingerprint density at radius 2 is 1.47 bits per heavy atom. The van der Waals surface area contributed by atoms with E-state index in [0.29, 0.717) is 17.9 Å². The Bertz CT molecular complexity index is 409. The van der Waals surface area contributed by atoms with Crippen LogP contribution in [0.4, 0.5) is 0 Å². The Kier molecular flexibility index (Phi) is 1.37. The summed E-state index contributed by atoms with van der Waals surface area (Å²) >= 11 is 0. The van der Waals surface area contributed by atoms with Gasteiger partial charge in [-0.25, -0.2) is 0 Å². The van der Waals surface area contributed by atoms with Gasteiger partial charge >= 0.3 is 0 Å². The van der Waals surface area contributed by atoms with Crippen LogP contribution in [0.5, 0.6) is 0 Å². The van der Waals surface area contributed by atoms with Crippen molar-refractivity contribution in [2.24, 2.45) is 11.8 Å². The third-order valence-corrected chi connectivity index (χ3v) is 4.40. The van der Waals surface area contributed by atoms with Crippen molar-refractivity contribution < 1.29 is 4.74 Å². The van der Waals surface area contributed by atoms with E-state index in [2.05, 4.69) is 36.4 Å². The molecule has 0 saturated heterocycles. The first-order valence-electron chi connectivity index (χ1n) is 5.72. The highest BCUT2D eigenvalue weighted by molar-refractivity contribution is 5.50. The van der Waals surface area contributed by atoms with E-state index in [1.807, 2.05) is 7.11 Å². The van der Waals surface area contributed by atoms with E-state index in [9.17, 15) is 0 Å². The fourth-order valence-corrected chi connectivity index (χ4v) is 3.77. The fraction of sp³-hybridized carbons (Fsp3) is 0.429. The Morgan fingerprint density at radius 1 is 0.933 bits per heavy atom. The Morgan fingerprint density at radius 3 is 1.93 bits per heavy atom. The molecule has 0 radical (unpaired) electrons. The van der Waals surface area contributed by atoms with E-state index in [1.54, 1.807) is 11.1 Å².